The number of phosphoric acid groups is 2. The van der Waals surface area contributed by atoms with Crippen LogP contribution < -0.4 is 0 Å². The van der Waals surface area contributed by atoms with Crippen LogP contribution in [0.2, 0.25) is 0 Å². The van der Waals surface area contributed by atoms with E-state index in [1.165, 1.54) is 83.5 Å². The highest BCUT2D eigenvalue weighted by atomic mass is 31.2. The minimum atomic E-state index is -5.00. The van der Waals surface area contributed by atoms with Gasteiger partial charge >= 0.3 is 39.5 Å². The molecular weight excluding hydrogens is 1330 g/mol. The predicted molar refractivity (Wildman–Crippen MR) is 418 cm³/mol. The largest absolute Gasteiger partial charge is 0.472 e. The van der Waals surface area contributed by atoms with Crippen molar-refractivity contribution in [3.63, 3.8) is 0 Å². The molecule has 0 aromatic carbocycles. The van der Waals surface area contributed by atoms with Gasteiger partial charge in [0.2, 0.25) is 0 Å². The van der Waals surface area contributed by atoms with Gasteiger partial charge in [0.1, 0.15) is 19.3 Å². The summed E-state index contributed by atoms with van der Waals surface area (Å²) in [4.78, 5) is 72.9. The maximum Gasteiger partial charge on any atom is 0.472 e. The number of carbonyl (C=O) groups is 4. The van der Waals surface area contributed by atoms with E-state index in [1.54, 1.807) is 0 Å². The average molecular weight is 1470 g/mol. The average Bonchev–Trinajstić information content (AvgIpc) is 0.924. The first kappa shape index (κ1) is 97.5. The Balaban J connectivity index is 5.43. The molecule has 0 heterocycles. The highest BCUT2D eigenvalue weighted by Gasteiger charge is 2.30. The molecule has 0 rings (SSSR count). The van der Waals surface area contributed by atoms with Gasteiger partial charge in [-0.05, 0) is 148 Å². The SMILES string of the molecule is CC/C=C\C/C=C\C/C=C\C/C=C\C/C=C\C/C=C\CCC(=O)OC[C@H](COP(=O)(O)OC[C@H](O)COP(=O)(O)OC[C@@H](COC(=O)CCCCCCCCC/C=C\CCCCCC)OC(=O)CCCCCCC/C=C\CCCCCC)OC(=O)CCCCCCC/C=C\C/C=C\CCCCC. The quantitative estimate of drug-likeness (QED) is 0.0169. The molecule has 3 N–H and O–H groups in total. The van der Waals surface area contributed by atoms with E-state index >= 15 is 0 Å². The van der Waals surface area contributed by atoms with Crippen molar-refractivity contribution in [1.29, 1.82) is 0 Å². The number of esters is 4. The number of unbranched alkanes of at least 4 members (excludes halogenated alkanes) is 28. The van der Waals surface area contributed by atoms with Crippen molar-refractivity contribution in [2.75, 3.05) is 39.6 Å². The molecule has 0 spiro atoms. The van der Waals surface area contributed by atoms with E-state index in [4.69, 9.17) is 37.0 Å². The monoisotopic (exact) mass is 1470 g/mol. The van der Waals surface area contributed by atoms with Crippen molar-refractivity contribution < 1.29 is 80.2 Å². The summed E-state index contributed by atoms with van der Waals surface area (Å²) in [6, 6.07) is 0. The molecule has 0 bridgehead atoms. The summed E-state index contributed by atoms with van der Waals surface area (Å²) in [7, 11) is -9.98. The second-order valence-corrected chi connectivity index (χ2v) is 29.2. The molecule has 0 aliphatic heterocycles. The molecule has 0 saturated heterocycles. The first-order chi connectivity index (χ1) is 49.7. The lowest BCUT2D eigenvalue weighted by molar-refractivity contribution is -0.161. The van der Waals surface area contributed by atoms with Crippen LogP contribution in [0.5, 0.6) is 0 Å². The van der Waals surface area contributed by atoms with Crippen molar-refractivity contribution >= 4 is 39.5 Å². The Morgan fingerprint density at radius 2 is 0.529 bits per heavy atom. The number of phosphoric ester groups is 2. The normalized spacial score (nSPS) is 14.5. The van der Waals surface area contributed by atoms with Crippen molar-refractivity contribution in [1.82, 2.24) is 0 Å². The van der Waals surface area contributed by atoms with E-state index in [1.807, 2.05) is 18.2 Å². The standard InChI is InChI=1S/C83H142O17P2/c1-5-9-13-17-21-25-29-33-36-37-38-39-42-45-48-52-56-60-64-68-81(86)94-74-79(100-83(88)70-66-62-58-54-50-46-41-35-31-27-23-19-15-11-7-3)76-98-102(91,92)96-72-77(84)71-95-101(89,90)97-75-78(99-82(87)69-65-61-57-53-49-43-32-28-24-20-16-12-8-4)73-93-80(85)67-63-59-55-51-47-44-40-34-30-26-22-18-14-10-6-2/h9,13,21,23,25-28,30,32-33,35-36,38-39,41,45,48,56,60,77-79,84H,5-8,10-12,14-20,22,24,29,31,34,37,40,42-44,46-47,49-55,57-59,61-76H2,1-4H3,(H,89,90)(H,91,92)/b13-9-,25-21-,27-23-,30-26-,32-28-,36-33-,39-38-,41-35-,48-45-,60-56-/t77-,78-,79-/m1/s1. The van der Waals surface area contributed by atoms with E-state index < -0.39 is 97.5 Å². The number of rotatable bonds is 74. The molecule has 2 unspecified atom stereocenters. The van der Waals surface area contributed by atoms with E-state index in [2.05, 4.69) is 131 Å². The van der Waals surface area contributed by atoms with Crippen LogP contribution in [0, 0.1) is 0 Å². The molecule has 102 heavy (non-hydrogen) atoms. The Morgan fingerprint density at radius 1 is 0.284 bits per heavy atom. The van der Waals surface area contributed by atoms with Crippen molar-refractivity contribution in [2.24, 2.45) is 0 Å². The zero-order chi connectivity index (χ0) is 74.6. The molecule has 0 radical (unpaired) electrons. The van der Waals surface area contributed by atoms with Gasteiger partial charge in [0.05, 0.1) is 26.4 Å². The molecule has 586 valence electrons. The summed E-state index contributed by atoms with van der Waals surface area (Å²) < 4.78 is 68.5. The summed E-state index contributed by atoms with van der Waals surface area (Å²) in [5.41, 5.74) is 0. The molecule has 0 aromatic rings. The number of aliphatic hydroxyl groups is 1. The van der Waals surface area contributed by atoms with Crippen LogP contribution in [-0.4, -0.2) is 96.7 Å². The van der Waals surface area contributed by atoms with Gasteiger partial charge < -0.3 is 33.8 Å². The van der Waals surface area contributed by atoms with E-state index in [-0.39, 0.29) is 25.7 Å². The topological polar surface area (TPSA) is 237 Å². The number of hydrogen-bond acceptors (Lipinski definition) is 15. The Bertz CT molecular complexity index is 2410. The second-order valence-electron chi connectivity index (χ2n) is 26.3. The first-order valence-electron chi connectivity index (χ1n) is 39.8. The lowest BCUT2D eigenvalue weighted by Gasteiger charge is -2.21. The Labute approximate surface area is 619 Å². The fourth-order valence-electron chi connectivity index (χ4n) is 10.3. The highest BCUT2D eigenvalue weighted by molar-refractivity contribution is 7.47. The van der Waals surface area contributed by atoms with Crippen LogP contribution in [-0.2, 0) is 65.4 Å². The third-order valence-corrected chi connectivity index (χ3v) is 18.3. The lowest BCUT2D eigenvalue weighted by atomic mass is 10.1. The first-order valence-corrected chi connectivity index (χ1v) is 42.8. The maximum absolute atomic E-state index is 13.1. The zero-order valence-electron chi connectivity index (χ0n) is 64.0. The van der Waals surface area contributed by atoms with Gasteiger partial charge in [-0.15, -0.1) is 0 Å². The molecule has 5 atom stereocenters. The van der Waals surface area contributed by atoms with Gasteiger partial charge in [-0.3, -0.25) is 37.3 Å². The van der Waals surface area contributed by atoms with E-state index in [0.717, 1.165) is 154 Å². The second kappa shape index (κ2) is 74.7. The Hall–Kier alpha value is -4.54. The third-order valence-electron chi connectivity index (χ3n) is 16.4. The fraction of sp³-hybridized carbons (Fsp3) is 0.711. The van der Waals surface area contributed by atoms with Crippen LogP contribution in [0.25, 0.3) is 0 Å². The molecule has 17 nitrogen and oxygen atoms in total. The molecule has 0 saturated carbocycles. The Kier molecular flexibility index (Phi) is 71.4. The highest BCUT2D eigenvalue weighted by Crippen LogP contribution is 2.45. The van der Waals surface area contributed by atoms with Crippen molar-refractivity contribution in [2.45, 2.75) is 341 Å². The summed E-state index contributed by atoms with van der Waals surface area (Å²) in [6.07, 6.45) is 81.9. The van der Waals surface area contributed by atoms with Gasteiger partial charge in [-0.2, -0.15) is 0 Å². The van der Waals surface area contributed by atoms with Crippen LogP contribution in [0.4, 0.5) is 0 Å². The molecular formula is C83H142O17P2. The zero-order valence-corrected chi connectivity index (χ0v) is 65.8. The van der Waals surface area contributed by atoms with Crippen LogP contribution in [0.3, 0.4) is 0 Å². The maximum atomic E-state index is 13.1. The summed E-state index contributed by atoms with van der Waals surface area (Å²) in [5.74, 6) is -2.30. The van der Waals surface area contributed by atoms with Gasteiger partial charge in [0.25, 0.3) is 0 Å². The van der Waals surface area contributed by atoms with Gasteiger partial charge in [-0.1, -0.05) is 271 Å². The number of allylic oxidation sites excluding steroid dienone is 20. The summed E-state index contributed by atoms with van der Waals surface area (Å²) in [5, 5.41) is 10.6. The van der Waals surface area contributed by atoms with E-state index in [9.17, 15) is 43.2 Å². The van der Waals surface area contributed by atoms with Gasteiger partial charge in [0, 0.05) is 25.7 Å². The molecule has 19 heteroatoms. The summed E-state index contributed by atoms with van der Waals surface area (Å²) >= 11 is 0. The number of ether oxygens (including phenoxy) is 4. The fourth-order valence-corrected chi connectivity index (χ4v) is 11.9. The number of hydrogen-bond donors (Lipinski definition) is 3. The molecule has 0 aliphatic carbocycles. The molecule has 0 amide bonds. The van der Waals surface area contributed by atoms with Crippen molar-refractivity contribution in [3.8, 4) is 0 Å². The number of carbonyl (C=O) groups excluding carboxylic acids is 4. The van der Waals surface area contributed by atoms with Gasteiger partial charge in [-0.25, -0.2) is 9.13 Å². The minimum absolute atomic E-state index is 0.0310. The molecule has 0 fully saturated rings. The predicted octanol–water partition coefficient (Wildman–Crippen LogP) is 23.1. The minimum Gasteiger partial charge on any atom is -0.462 e. The molecule has 0 aromatic heterocycles. The van der Waals surface area contributed by atoms with Gasteiger partial charge in [0.15, 0.2) is 12.2 Å². The van der Waals surface area contributed by atoms with Crippen LogP contribution >= 0.6 is 15.6 Å². The van der Waals surface area contributed by atoms with Crippen LogP contribution in [0.15, 0.2) is 122 Å². The lowest BCUT2D eigenvalue weighted by Crippen LogP contribution is -2.30. The summed E-state index contributed by atoms with van der Waals surface area (Å²) in [6.45, 7) is 4.61. The van der Waals surface area contributed by atoms with Crippen LogP contribution in [0.1, 0.15) is 323 Å². The van der Waals surface area contributed by atoms with E-state index in [0.29, 0.717) is 32.1 Å². The number of aliphatic hydroxyl groups excluding tert-OH is 1. The molecule has 0 aliphatic rings. The third kappa shape index (κ3) is 73.8. The van der Waals surface area contributed by atoms with Crippen molar-refractivity contribution in [3.05, 3.63) is 122 Å². The smallest absolute Gasteiger partial charge is 0.462 e. The Morgan fingerprint density at radius 3 is 0.873 bits per heavy atom.